The zero-order valence-corrected chi connectivity index (χ0v) is 10.6. The molecule has 1 rings (SSSR count). The molecule has 3 heteroatoms. The van der Waals surface area contributed by atoms with Gasteiger partial charge in [0.25, 0.3) is 0 Å². The average Bonchev–Trinajstić information content (AvgIpc) is 2.25. The second kappa shape index (κ2) is 5.87. The van der Waals surface area contributed by atoms with Gasteiger partial charge >= 0.3 is 0 Å². The van der Waals surface area contributed by atoms with E-state index in [-0.39, 0.29) is 12.1 Å². The fraction of sp³-hybridized carbons (Fsp3) is 0.538. The smallest absolute Gasteiger partial charge is 0.0636 e. The Morgan fingerprint density at radius 3 is 2.44 bits per heavy atom. The van der Waals surface area contributed by atoms with Crippen LogP contribution in [0, 0.1) is 0 Å². The highest BCUT2D eigenvalue weighted by molar-refractivity contribution is 5.53. The molecular formula is C13H22N2O. The Morgan fingerprint density at radius 1 is 1.25 bits per heavy atom. The Hall–Kier alpha value is -1.06. The number of hydrogen-bond donors (Lipinski definition) is 2. The van der Waals surface area contributed by atoms with Crippen molar-refractivity contribution in [1.82, 2.24) is 5.32 Å². The van der Waals surface area contributed by atoms with Gasteiger partial charge in [0, 0.05) is 32.4 Å². The molecule has 0 spiro atoms. The number of aliphatic hydroxyl groups is 1. The molecule has 0 amide bonds. The van der Waals surface area contributed by atoms with Crippen LogP contribution in [0.4, 0.5) is 5.69 Å². The number of nitrogens with one attached hydrogen (secondary N) is 1. The fourth-order valence-electron chi connectivity index (χ4n) is 1.72. The third-order valence-electron chi connectivity index (χ3n) is 2.60. The Bertz CT molecular complexity index is 323. The summed E-state index contributed by atoms with van der Waals surface area (Å²) in [6.07, 6.45) is -0.311. The number of rotatable bonds is 5. The molecule has 0 heterocycles. The standard InChI is InChI=1S/C13H22N2O/c1-10(16)9-14-11(2)12-7-5-6-8-13(12)15(3)4/h5-8,10-11,14,16H,9H2,1-4H3. The Kier molecular flexibility index (Phi) is 4.77. The Balaban J connectivity index is 2.77. The van der Waals surface area contributed by atoms with E-state index < -0.39 is 0 Å². The Morgan fingerprint density at radius 2 is 1.88 bits per heavy atom. The van der Waals surface area contributed by atoms with E-state index in [0.717, 1.165) is 0 Å². The minimum atomic E-state index is -0.311. The van der Waals surface area contributed by atoms with Gasteiger partial charge in [0.15, 0.2) is 0 Å². The van der Waals surface area contributed by atoms with Crippen molar-refractivity contribution in [3.8, 4) is 0 Å². The van der Waals surface area contributed by atoms with E-state index in [1.807, 2.05) is 26.2 Å². The van der Waals surface area contributed by atoms with E-state index in [1.165, 1.54) is 11.3 Å². The van der Waals surface area contributed by atoms with Crippen LogP contribution >= 0.6 is 0 Å². The number of aliphatic hydroxyl groups excluding tert-OH is 1. The SMILES string of the molecule is CC(O)CNC(C)c1ccccc1N(C)C. The molecule has 0 saturated carbocycles. The van der Waals surface area contributed by atoms with Gasteiger partial charge in [-0.15, -0.1) is 0 Å². The minimum absolute atomic E-state index is 0.244. The minimum Gasteiger partial charge on any atom is -0.392 e. The highest BCUT2D eigenvalue weighted by Crippen LogP contribution is 2.24. The molecule has 0 aliphatic carbocycles. The van der Waals surface area contributed by atoms with Crippen LogP contribution in [0.5, 0.6) is 0 Å². The van der Waals surface area contributed by atoms with Crippen LogP contribution in [-0.2, 0) is 0 Å². The molecule has 16 heavy (non-hydrogen) atoms. The summed E-state index contributed by atoms with van der Waals surface area (Å²) in [5, 5.41) is 12.6. The van der Waals surface area contributed by atoms with Crippen molar-refractivity contribution >= 4 is 5.69 Å². The predicted octanol–water partition coefficient (Wildman–Crippen LogP) is 1.78. The number of hydrogen-bond acceptors (Lipinski definition) is 3. The molecule has 3 nitrogen and oxygen atoms in total. The first-order chi connectivity index (χ1) is 7.52. The number of benzene rings is 1. The quantitative estimate of drug-likeness (QED) is 0.797. The van der Waals surface area contributed by atoms with Crippen molar-refractivity contribution in [1.29, 1.82) is 0 Å². The van der Waals surface area contributed by atoms with Crippen LogP contribution in [0.3, 0.4) is 0 Å². The number of para-hydroxylation sites is 1. The van der Waals surface area contributed by atoms with Gasteiger partial charge in [0.1, 0.15) is 0 Å². The van der Waals surface area contributed by atoms with E-state index in [9.17, 15) is 5.11 Å². The second-order valence-electron chi connectivity index (χ2n) is 4.43. The molecule has 2 unspecified atom stereocenters. The van der Waals surface area contributed by atoms with Crippen LogP contribution in [0.25, 0.3) is 0 Å². The lowest BCUT2D eigenvalue weighted by Gasteiger charge is -2.22. The molecule has 0 fully saturated rings. The molecule has 0 aromatic heterocycles. The molecule has 0 saturated heterocycles. The molecule has 2 atom stereocenters. The summed E-state index contributed by atoms with van der Waals surface area (Å²) in [4.78, 5) is 2.11. The summed E-state index contributed by atoms with van der Waals surface area (Å²) < 4.78 is 0. The predicted molar refractivity (Wildman–Crippen MR) is 68.9 cm³/mol. The van der Waals surface area contributed by atoms with E-state index in [4.69, 9.17) is 0 Å². The summed E-state index contributed by atoms with van der Waals surface area (Å²) in [6, 6.07) is 8.56. The van der Waals surface area contributed by atoms with E-state index in [0.29, 0.717) is 6.54 Å². The topological polar surface area (TPSA) is 35.5 Å². The lowest BCUT2D eigenvalue weighted by atomic mass is 10.1. The Labute approximate surface area is 98.1 Å². The normalized spacial score (nSPS) is 14.6. The van der Waals surface area contributed by atoms with Gasteiger partial charge in [-0.2, -0.15) is 0 Å². The molecule has 0 aliphatic rings. The maximum atomic E-state index is 9.25. The first kappa shape index (κ1) is 13.0. The number of nitrogens with zero attached hydrogens (tertiary/aromatic N) is 1. The van der Waals surface area contributed by atoms with Crippen molar-refractivity contribution < 1.29 is 5.11 Å². The van der Waals surface area contributed by atoms with Crippen LogP contribution in [0.1, 0.15) is 25.5 Å². The summed E-state index contributed by atoms with van der Waals surface area (Å²) in [5.74, 6) is 0. The molecule has 0 aliphatic heterocycles. The molecule has 0 radical (unpaired) electrons. The molecule has 90 valence electrons. The molecule has 1 aromatic carbocycles. The van der Waals surface area contributed by atoms with Crippen molar-refractivity contribution in [3.05, 3.63) is 29.8 Å². The first-order valence-electron chi connectivity index (χ1n) is 5.70. The fourth-order valence-corrected chi connectivity index (χ4v) is 1.72. The average molecular weight is 222 g/mol. The van der Waals surface area contributed by atoms with Crippen LogP contribution in [0.15, 0.2) is 24.3 Å². The van der Waals surface area contributed by atoms with Crippen molar-refractivity contribution in [2.24, 2.45) is 0 Å². The lowest BCUT2D eigenvalue weighted by molar-refractivity contribution is 0.187. The zero-order chi connectivity index (χ0) is 12.1. The van der Waals surface area contributed by atoms with Gasteiger partial charge in [-0.05, 0) is 25.5 Å². The zero-order valence-electron chi connectivity index (χ0n) is 10.6. The lowest BCUT2D eigenvalue weighted by Crippen LogP contribution is -2.28. The highest BCUT2D eigenvalue weighted by atomic mass is 16.3. The van der Waals surface area contributed by atoms with Gasteiger partial charge in [-0.1, -0.05) is 18.2 Å². The van der Waals surface area contributed by atoms with Crippen LogP contribution in [-0.4, -0.2) is 31.9 Å². The van der Waals surface area contributed by atoms with E-state index in [1.54, 1.807) is 6.92 Å². The third kappa shape index (κ3) is 3.51. The van der Waals surface area contributed by atoms with Gasteiger partial charge in [-0.3, -0.25) is 0 Å². The van der Waals surface area contributed by atoms with E-state index in [2.05, 4.69) is 29.3 Å². The summed E-state index contributed by atoms with van der Waals surface area (Å²) in [7, 11) is 4.08. The van der Waals surface area contributed by atoms with Gasteiger partial charge in [-0.25, -0.2) is 0 Å². The monoisotopic (exact) mass is 222 g/mol. The van der Waals surface area contributed by atoms with Gasteiger partial charge in [0.2, 0.25) is 0 Å². The molecular weight excluding hydrogens is 200 g/mol. The molecule has 2 N–H and O–H groups in total. The van der Waals surface area contributed by atoms with Crippen LogP contribution in [0.2, 0.25) is 0 Å². The largest absolute Gasteiger partial charge is 0.392 e. The number of anilines is 1. The van der Waals surface area contributed by atoms with Gasteiger partial charge in [0.05, 0.1) is 6.10 Å². The second-order valence-corrected chi connectivity index (χ2v) is 4.43. The molecule has 1 aromatic rings. The van der Waals surface area contributed by atoms with Crippen molar-refractivity contribution in [2.75, 3.05) is 25.5 Å². The maximum Gasteiger partial charge on any atom is 0.0636 e. The first-order valence-corrected chi connectivity index (χ1v) is 5.70. The van der Waals surface area contributed by atoms with Crippen molar-refractivity contribution in [2.45, 2.75) is 26.0 Å². The van der Waals surface area contributed by atoms with Crippen LogP contribution < -0.4 is 10.2 Å². The van der Waals surface area contributed by atoms with Gasteiger partial charge < -0.3 is 15.3 Å². The highest BCUT2D eigenvalue weighted by Gasteiger charge is 2.11. The summed E-state index contributed by atoms with van der Waals surface area (Å²) in [6.45, 7) is 4.52. The molecule has 0 bridgehead atoms. The maximum absolute atomic E-state index is 9.25. The summed E-state index contributed by atoms with van der Waals surface area (Å²) in [5.41, 5.74) is 2.47. The third-order valence-corrected chi connectivity index (χ3v) is 2.60. The van der Waals surface area contributed by atoms with E-state index >= 15 is 0 Å². The van der Waals surface area contributed by atoms with Crippen molar-refractivity contribution in [3.63, 3.8) is 0 Å². The summed E-state index contributed by atoms with van der Waals surface area (Å²) >= 11 is 0.